The van der Waals surface area contributed by atoms with Gasteiger partial charge in [0.05, 0.1) is 5.02 Å². The molecular weight excluding hydrogens is 360 g/mol. The molecular formula is C12H9Cl4N3O2. The van der Waals surface area contributed by atoms with Gasteiger partial charge in [0.15, 0.2) is 5.50 Å². The molecule has 0 amide bonds. The van der Waals surface area contributed by atoms with Crippen LogP contribution in [0.5, 0.6) is 0 Å². The van der Waals surface area contributed by atoms with Gasteiger partial charge in [-0.2, -0.15) is 5.10 Å². The molecule has 0 N–H and O–H groups in total. The smallest absolute Gasteiger partial charge is 0.304 e. The monoisotopic (exact) mass is 367 g/mol. The van der Waals surface area contributed by atoms with Gasteiger partial charge < -0.3 is 4.74 Å². The van der Waals surface area contributed by atoms with E-state index in [2.05, 4.69) is 10.1 Å². The highest BCUT2D eigenvalue weighted by Gasteiger charge is 2.44. The Morgan fingerprint density at radius 2 is 2.14 bits per heavy atom. The molecule has 0 aliphatic carbocycles. The molecule has 0 aliphatic heterocycles. The minimum absolute atomic E-state index is 0.213. The lowest BCUT2D eigenvalue weighted by molar-refractivity contribution is -0.151. The van der Waals surface area contributed by atoms with Crippen molar-refractivity contribution in [1.29, 1.82) is 0 Å². The summed E-state index contributed by atoms with van der Waals surface area (Å²) >= 11 is 24.8. The highest BCUT2D eigenvalue weighted by molar-refractivity contribution is 6.37. The van der Waals surface area contributed by atoms with E-state index in [1.165, 1.54) is 36.4 Å². The molecule has 1 aromatic heterocycles. The number of carbonyl (C=O) groups is 1. The fourth-order valence-corrected chi connectivity index (χ4v) is 2.95. The summed E-state index contributed by atoms with van der Waals surface area (Å²) < 4.78 is 6.46. The van der Waals surface area contributed by atoms with Gasteiger partial charge >= 0.3 is 5.97 Å². The van der Waals surface area contributed by atoms with Crippen molar-refractivity contribution >= 4 is 52.4 Å². The lowest BCUT2D eigenvalue weighted by atomic mass is 10.1. The molecule has 5 nitrogen and oxygen atoms in total. The van der Waals surface area contributed by atoms with Gasteiger partial charge in [0.25, 0.3) is 0 Å². The van der Waals surface area contributed by atoms with E-state index in [4.69, 9.17) is 51.1 Å². The minimum atomic E-state index is -1.76. The van der Waals surface area contributed by atoms with Crippen molar-refractivity contribution in [3.63, 3.8) is 0 Å². The number of hydrogen-bond donors (Lipinski definition) is 0. The Morgan fingerprint density at radius 1 is 1.43 bits per heavy atom. The van der Waals surface area contributed by atoms with Crippen LogP contribution in [0.1, 0.15) is 18.0 Å². The predicted octanol–water partition coefficient (Wildman–Crippen LogP) is 3.98. The first-order chi connectivity index (χ1) is 9.84. The number of benzene rings is 1. The number of alkyl halides is 2. The zero-order valence-electron chi connectivity index (χ0n) is 10.6. The van der Waals surface area contributed by atoms with Crippen LogP contribution in [0.3, 0.4) is 0 Å². The highest BCUT2D eigenvalue weighted by atomic mass is 35.5. The van der Waals surface area contributed by atoms with Crippen LogP contribution in [0, 0.1) is 0 Å². The van der Waals surface area contributed by atoms with Gasteiger partial charge in [-0.25, -0.2) is 9.67 Å². The zero-order chi connectivity index (χ0) is 15.6. The van der Waals surface area contributed by atoms with Crippen molar-refractivity contribution in [2.75, 3.05) is 0 Å². The number of carbonyl (C=O) groups excluding carboxylic acids is 1. The van der Waals surface area contributed by atoms with Crippen LogP contribution in [0.2, 0.25) is 10.0 Å². The van der Waals surface area contributed by atoms with Gasteiger partial charge in [-0.05, 0) is 12.1 Å². The second-order valence-electron chi connectivity index (χ2n) is 4.07. The number of rotatable bonds is 4. The minimum Gasteiger partial charge on any atom is -0.435 e. The van der Waals surface area contributed by atoms with Crippen molar-refractivity contribution in [3.8, 4) is 0 Å². The Balaban J connectivity index is 2.53. The molecule has 2 rings (SSSR count). The summed E-state index contributed by atoms with van der Waals surface area (Å²) in [6, 6.07) is 4.57. The number of aromatic nitrogens is 3. The van der Waals surface area contributed by atoms with Crippen LogP contribution in [0.4, 0.5) is 0 Å². The Kier molecular flexibility index (Phi) is 4.99. The summed E-state index contributed by atoms with van der Waals surface area (Å²) in [7, 11) is 0. The number of hydrogen-bond acceptors (Lipinski definition) is 4. The molecule has 2 atom stereocenters. The average Bonchev–Trinajstić information content (AvgIpc) is 2.90. The summed E-state index contributed by atoms with van der Waals surface area (Å²) in [5, 5.41) is 2.76. The van der Waals surface area contributed by atoms with Crippen LogP contribution < -0.4 is 0 Å². The van der Waals surface area contributed by atoms with Crippen LogP contribution in [-0.4, -0.2) is 20.7 Å². The standard InChI is InChI=1S/C12H9Cl4N3O2/c1-7(20)21-12(16,11(15)19-6-17-5-18-19)9-3-2-8(13)4-10(9)14/h2-6,11H,1H3. The van der Waals surface area contributed by atoms with Gasteiger partial charge in [-0.15, -0.1) is 0 Å². The number of esters is 1. The van der Waals surface area contributed by atoms with Crippen LogP contribution in [0.25, 0.3) is 0 Å². The maximum Gasteiger partial charge on any atom is 0.304 e. The SMILES string of the molecule is CC(=O)OC(Cl)(c1ccc(Cl)cc1Cl)C(Cl)n1cncn1. The fraction of sp³-hybridized carbons (Fsp3) is 0.250. The topological polar surface area (TPSA) is 57.0 Å². The molecule has 0 spiro atoms. The molecule has 0 aliphatic rings. The first kappa shape index (κ1) is 16.4. The van der Waals surface area contributed by atoms with E-state index in [0.29, 0.717) is 10.6 Å². The zero-order valence-corrected chi connectivity index (χ0v) is 13.7. The molecule has 112 valence electrons. The van der Waals surface area contributed by atoms with E-state index in [9.17, 15) is 4.79 Å². The molecule has 2 aromatic rings. The first-order valence-electron chi connectivity index (χ1n) is 5.67. The van der Waals surface area contributed by atoms with E-state index >= 15 is 0 Å². The Labute approximate surface area is 140 Å². The average molecular weight is 369 g/mol. The molecule has 21 heavy (non-hydrogen) atoms. The quantitative estimate of drug-likeness (QED) is 0.605. The summed E-state index contributed by atoms with van der Waals surface area (Å²) in [5.74, 6) is -0.623. The van der Waals surface area contributed by atoms with E-state index in [0.717, 1.165) is 0 Å². The molecule has 1 aromatic carbocycles. The molecule has 2 unspecified atom stereocenters. The van der Waals surface area contributed by atoms with Crippen LogP contribution >= 0.6 is 46.4 Å². The fourth-order valence-electron chi connectivity index (χ4n) is 1.71. The van der Waals surface area contributed by atoms with Crippen molar-refractivity contribution < 1.29 is 9.53 Å². The van der Waals surface area contributed by atoms with Gasteiger partial charge in [0, 0.05) is 17.5 Å². The van der Waals surface area contributed by atoms with Crippen LogP contribution in [-0.2, 0) is 14.6 Å². The number of halogens is 4. The third-order valence-electron chi connectivity index (χ3n) is 2.57. The third kappa shape index (κ3) is 3.43. The molecule has 0 saturated heterocycles. The van der Waals surface area contributed by atoms with Crippen molar-refractivity contribution in [1.82, 2.24) is 14.8 Å². The Bertz CT molecular complexity index is 650. The summed E-state index contributed by atoms with van der Waals surface area (Å²) in [5.41, 5.74) is -0.773. The van der Waals surface area contributed by atoms with E-state index < -0.39 is 16.5 Å². The van der Waals surface area contributed by atoms with Gasteiger partial charge in [0.2, 0.25) is 5.06 Å². The van der Waals surface area contributed by atoms with E-state index in [-0.39, 0.29) is 5.02 Å². The lowest BCUT2D eigenvalue weighted by Crippen LogP contribution is -2.34. The van der Waals surface area contributed by atoms with Crippen molar-refractivity contribution in [3.05, 3.63) is 46.5 Å². The summed E-state index contributed by atoms with van der Waals surface area (Å²) in [6.45, 7) is 1.21. The summed E-state index contributed by atoms with van der Waals surface area (Å²) in [6.07, 6.45) is 2.63. The predicted molar refractivity (Wildman–Crippen MR) is 80.7 cm³/mol. The second-order valence-corrected chi connectivity index (χ2v) is 5.89. The Morgan fingerprint density at radius 3 is 2.67 bits per heavy atom. The molecule has 0 radical (unpaired) electrons. The molecule has 0 saturated carbocycles. The molecule has 0 fully saturated rings. The molecule has 9 heteroatoms. The van der Waals surface area contributed by atoms with Crippen LogP contribution in [0.15, 0.2) is 30.9 Å². The largest absolute Gasteiger partial charge is 0.435 e. The normalized spacial score (nSPS) is 15.3. The van der Waals surface area contributed by atoms with Crippen molar-refractivity contribution in [2.45, 2.75) is 17.5 Å². The van der Waals surface area contributed by atoms with Gasteiger partial charge in [-0.3, -0.25) is 4.79 Å². The number of nitrogens with zero attached hydrogens (tertiary/aromatic N) is 3. The Hall–Kier alpha value is -1.01. The molecule has 0 bridgehead atoms. The maximum absolute atomic E-state index is 11.4. The lowest BCUT2D eigenvalue weighted by Gasteiger charge is -2.31. The van der Waals surface area contributed by atoms with E-state index in [1.54, 1.807) is 6.07 Å². The van der Waals surface area contributed by atoms with E-state index in [1.807, 2.05) is 0 Å². The molecule has 1 heterocycles. The summed E-state index contributed by atoms with van der Waals surface area (Å²) in [4.78, 5) is 15.2. The highest BCUT2D eigenvalue weighted by Crippen LogP contribution is 2.46. The second kappa shape index (κ2) is 6.40. The van der Waals surface area contributed by atoms with Gasteiger partial charge in [-0.1, -0.05) is 52.5 Å². The van der Waals surface area contributed by atoms with Gasteiger partial charge in [0.1, 0.15) is 12.7 Å². The van der Waals surface area contributed by atoms with Crippen molar-refractivity contribution in [2.24, 2.45) is 0 Å². The first-order valence-corrected chi connectivity index (χ1v) is 7.24. The number of ether oxygens (including phenoxy) is 1. The third-order valence-corrected chi connectivity index (χ3v) is 4.22. The maximum atomic E-state index is 11.4.